The molecule has 5 aliphatic rings. The summed E-state index contributed by atoms with van der Waals surface area (Å²) < 4.78 is 0. The maximum absolute atomic E-state index is 13.5. The monoisotopic (exact) mass is 440 g/mol. The molecule has 5 fully saturated rings. The molecule has 0 aliphatic heterocycles. The molecule has 0 aromatic carbocycles. The van der Waals surface area contributed by atoms with Crippen LogP contribution >= 0.6 is 0 Å². The number of Topliss-reactive ketones (excluding diaryl/α,β-unsaturated/α-hetero) is 2. The highest BCUT2D eigenvalue weighted by Crippen LogP contribution is 2.78. The van der Waals surface area contributed by atoms with Crippen molar-refractivity contribution in [3.8, 4) is 0 Å². The van der Waals surface area contributed by atoms with E-state index in [1.54, 1.807) is 0 Å². The molecular formula is C30H48O2. The molecule has 0 spiro atoms. The van der Waals surface area contributed by atoms with Crippen LogP contribution in [0.2, 0.25) is 0 Å². The van der Waals surface area contributed by atoms with Crippen molar-refractivity contribution in [1.29, 1.82) is 0 Å². The number of hydrogen-bond acceptors (Lipinski definition) is 2. The molecule has 0 aromatic heterocycles. The van der Waals surface area contributed by atoms with Gasteiger partial charge in [-0.05, 0) is 102 Å². The average molecular weight is 441 g/mol. The van der Waals surface area contributed by atoms with Crippen molar-refractivity contribution in [2.24, 2.45) is 56.2 Å². The first-order chi connectivity index (χ1) is 14.6. The van der Waals surface area contributed by atoms with Crippen molar-refractivity contribution in [2.75, 3.05) is 0 Å². The third-order valence-corrected chi connectivity index (χ3v) is 13.4. The van der Waals surface area contributed by atoms with Gasteiger partial charge >= 0.3 is 0 Å². The van der Waals surface area contributed by atoms with Crippen LogP contribution in [0.5, 0.6) is 0 Å². The summed E-state index contributed by atoms with van der Waals surface area (Å²) in [4.78, 5) is 26.2. The Labute approximate surface area is 197 Å². The molecule has 32 heavy (non-hydrogen) atoms. The fourth-order valence-electron chi connectivity index (χ4n) is 11.0. The Balaban J connectivity index is 1.58. The van der Waals surface area contributed by atoms with Crippen LogP contribution < -0.4 is 0 Å². The van der Waals surface area contributed by atoms with E-state index in [1.165, 1.54) is 51.4 Å². The molecule has 0 unspecified atom stereocenters. The number of hydrogen-bond donors (Lipinski definition) is 0. The Bertz CT molecular complexity index is 857. The minimum absolute atomic E-state index is 0.0258. The Kier molecular flexibility index (Phi) is 4.70. The summed E-state index contributed by atoms with van der Waals surface area (Å²) in [6.07, 6.45) is 11.7. The van der Waals surface area contributed by atoms with Crippen LogP contribution in [0.1, 0.15) is 120 Å². The lowest BCUT2D eigenvalue weighted by Crippen LogP contribution is -2.69. The zero-order valence-corrected chi connectivity index (χ0v) is 22.2. The number of ketones is 2. The summed E-state index contributed by atoms with van der Waals surface area (Å²) in [5, 5.41) is 0. The van der Waals surface area contributed by atoms with Crippen molar-refractivity contribution >= 4 is 11.6 Å². The van der Waals surface area contributed by atoms with Crippen LogP contribution in [0.4, 0.5) is 0 Å². The topological polar surface area (TPSA) is 34.1 Å². The van der Waals surface area contributed by atoms with Gasteiger partial charge in [-0.1, -0.05) is 55.4 Å². The molecule has 5 rings (SSSR count). The van der Waals surface area contributed by atoms with E-state index in [2.05, 4.69) is 55.4 Å². The van der Waals surface area contributed by atoms with E-state index in [1.807, 2.05) is 0 Å². The van der Waals surface area contributed by atoms with Gasteiger partial charge in [0.2, 0.25) is 0 Å². The SMILES string of the molecule is C[C@H]1C(=O)CC(=O)[C@@H]2[C@]1(C)CC[C@H]1[C@@]2(C)CC[C@@]2(C)[C@@H]3CC(C)(C)CC[C@]3(C)CC[C@]12C. The van der Waals surface area contributed by atoms with E-state index in [0.29, 0.717) is 27.6 Å². The molecule has 0 heterocycles. The second-order valence-electron chi connectivity index (χ2n) is 15.3. The Morgan fingerprint density at radius 1 is 0.656 bits per heavy atom. The second kappa shape index (κ2) is 6.51. The van der Waals surface area contributed by atoms with Gasteiger partial charge in [0.05, 0.1) is 6.42 Å². The average Bonchev–Trinajstić information content (AvgIpc) is 2.69. The van der Waals surface area contributed by atoms with E-state index >= 15 is 0 Å². The summed E-state index contributed by atoms with van der Waals surface area (Å²) in [5.74, 6) is 1.95. The Hall–Kier alpha value is -0.660. The molecule has 0 N–H and O–H groups in total. The van der Waals surface area contributed by atoms with Crippen molar-refractivity contribution in [3.63, 3.8) is 0 Å². The normalized spacial score (nSPS) is 57.1. The van der Waals surface area contributed by atoms with E-state index in [0.717, 1.165) is 12.3 Å². The maximum atomic E-state index is 13.5. The fraction of sp³-hybridized carbons (Fsp3) is 0.933. The Morgan fingerprint density at radius 3 is 1.94 bits per heavy atom. The highest BCUT2D eigenvalue weighted by Gasteiger charge is 2.72. The third kappa shape index (κ3) is 2.65. The van der Waals surface area contributed by atoms with Gasteiger partial charge in [-0.25, -0.2) is 0 Å². The van der Waals surface area contributed by atoms with Gasteiger partial charge in [-0.3, -0.25) is 9.59 Å². The van der Waals surface area contributed by atoms with Crippen LogP contribution in [0.3, 0.4) is 0 Å². The number of fused-ring (bicyclic) bond motifs is 7. The van der Waals surface area contributed by atoms with E-state index in [4.69, 9.17) is 0 Å². The molecular weight excluding hydrogens is 392 g/mol. The molecule has 2 nitrogen and oxygen atoms in total. The molecule has 5 aliphatic carbocycles. The molecule has 9 atom stereocenters. The van der Waals surface area contributed by atoms with Gasteiger partial charge in [0, 0.05) is 11.8 Å². The first kappa shape index (κ1) is 23.1. The maximum Gasteiger partial charge on any atom is 0.144 e. The van der Waals surface area contributed by atoms with Gasteiger partial charge < -0.3 is 0 Å². The smallest absolute Gasteiger partial charge is 0.144 e. The van der Waals surface area contributed by atoms with Crippen molar-refractivity contribution in [2.45, 2.75) is 120 Å². The largest absolute Gasteiger partial charge is 0.299 e. The molecule has 2 heteroatoms. The van der Waals surface area contributed by atoms with E-state index < -0.39 is 0 Å². The number of carbonyl (C=O) groups is 2. The quantitative estimate of drug-likeness (QED) is 0.363. The lowest BCUT2D eigenvalue weighted by molar-refractivity contribution is -0.252. The highest BCUT2D eigenvalue weighted by atomic mass is 16.2. The molecule has 0 saturated heterocycles. The van der Waals surface area contributed by atoms with Crippen molar-refractivity contribution in [3.05, 3.63) is 0 Å². The van der Waals surface area contributed by atoms with Crippen LogP contribution in [0.25, 0.3) is 0 Å². The summed E-state index contributed by atoms with van der Waals surface area (Å²) in [6.45, 7) is 19.8. The molecule has 0 radical (unpaired) electrons. The van der Waals surface area contributed by atoms with Crippen molar-refractivity contribution < 1.29 is 9.59 Å². The number of carbonyl (C=O) groups excluding carboxylic acids is 2. The zero-order chi connectivity index (χ0) is 23.5. The minimum Gasteiger partial charge on any atom is -0.299 e. The fourth-order valence-corrected chi connectivity index (χ4v) is 11.0. The summed E-state index contributed by atoms with van der Waals surface area (Å²) in [6, 6.07) is 0. The molecule has 0 bridgehead atoms. The van der Waals surface area contributed by atoms with Gasteiger partial charge in [0.1, 0.15) is 11.6 Å². The van der Waals surface area contributed by atoms with Gasteiger partial charge in [0.25, 0.3) is 0 Å². The molecule has 0 amide bonds. The molecule has 5 saturated carbocycles. The second-order valence-corrected chi connectivity index (χ2v) is 15.3. The number of rotatable bonds is 0. The van der Waals surface area contributed by atoms with E-state index in [-0.39, 0.29) is 40.7 Å². The first-order valence-electron chi connectivity index (χ1n) is 13.7. The van der Waals surface area contributed by atoms with Crippen LogP contribution in [-0.4, -0.2) is 11.6 Å². The summed E-state index contributed by atoms with van der Waals surface area (Å²) in [5.41, 5.74) is 1.50. The van der Waals surface area contributed by atoms with Crippen LogP contribution in [-0.2, 0) is 9.59 Å². The lowest BCUT2D eigenvalue weighted by atomic mass is 9.30. The van der Waals surface area contributed by atoms with Gasteiger partial charge in [-0.2, -0.15) is 0 Å². The Morgan fingerprint density at radius 2 is 1.25 bits per heavy atom. The third-order valence-electron chi connectivity index (χ3n) is 13.4. The van der Waals surface area contributed by atoms with Crippen molar-refractivity contribution in [1.82, 2.24) is 0 Å². The zero-order valence-electron chi connectivity index (χ0n) is 22.2. The molecule has 180 valence electrons. The van der Waals surface area contributed by atoms with Crippen LogP contribution in [0.15, 0.2) is 0 Å². The summed E-state index contributed by atoms with van der Waals surface area (Å²) >= 11 is 0. The summed E-state index contributed by atoms with van der Waals surface area (Å²) in [7, 11) is 0. The highest BCUT2D eigenvalue weighted by molar-refractivity contribution is 6.04. The predicted octanol–water partition coefficient (Wildman–Crippen LogP) is 7.64. The lowest BCUT2D eigenvalue weighted by Gasteiger charge is -2.74. The molecule has 0 aromatic rings. The van der Waals surface area contributed by atoms with Gasteiger partial charge in [0.15, 0.2) is 0 Å². The van der Waals surface area contributed by atoms with Crippen LogP contribution in [0, 0.1) is 56.2 Å². The van der Waals surface area contributed by atoms with E-state index in [9.17, 15) is 9.59 Å². The first-order valence-corrected chi connectivity index (χ1v) is 13.7. The predicted molar refractivity (Wildman–Crippen MR) is 130 cm³/mol. The standard InChI is InChI=1S/C30H48O2/c1-19-20(31)17-21(32)24-27(19,5)10-9-22-28(24,6)14-16-30(8)23-18-25(2,3)11-12-26(23,4)13-15-29(22,30)7/h19,22-24H,9-18H2,1-8H3/t19-,22-,23+,24+,26+,27+,28+,29+,30-/m0/s1. The minimum atomic E-state index is -0.141. The van der Waals surface area contributed by atoms with Gasteiger partial charge in [-0.15, -0.1) is 0 Å².